The van der Waals surface area contributed by atoms with Gasteiger partial charge >= 0.3 is 0 Å². The second-order valence-electron chi connectivity index (χ2n) is 6.54. The van der Waals surface area contributed by atoms with E-state index in [-0.39, 0.29) is 0 Å². The maximum absolute atomic E-state index is 10.2. The molecule has 4 heteroatoms. The smallest absolute Gasteiger partial charge is 0.119 e. The third-order valence-corrected chi connectivity index (χ3v) is 3.04. The molecule has 3 N–H and O–H groups in total. The van der Waals surface area contributed by atoms with Crippen molar-refractivity contribution in [3.63, 3.8) is 0 Å². The second-order valence-corrected chi connectivity index (χ2v) is 6.54. The molecule has 0 aliphatic rings. The largest absolute Gasteiger partial charge is 0.491 e. The molecular weight excluding hydrogens is 264 g/mol. The fourth-order valence-electron chi connectivity index (χ4n) is 2.36. The molecule has 0 bridgehead atoms. The zero-order chi connectivity index (χ0) is 15.8. The molecule has 21 heavy (non-hydrogen) atoms. The number of aliphatic hydroxyl groups is 1. The van der Waals surface area contributed by atoms with Crippen molar-refractivity contribution in [2.75, 3.05) is 32.0 Å². The first-order valence-corrected chi connectivity index (χ1v) is 7.75. The average molecular weight is 294 g/mol. The molecule has 0 heterocycles. The van der Waals surface area contributed by atoms with Gasteiger partial charge in [0.2, 0.25) is 0 Å². The Morgan fingerprint density at radius 3 is 2.00 bits per heavy atom. The summed E-state index contributed by atoms with van der Waals surface area (Å²) < 4.78 is 5.60. The number of hydrogen-bond donors (Lipinski definition) is 2. The Balaban J connectivity index is 2.41. The lowest BCUT2D eigenvalue weighted by atomic mass is 10.1. The molecule has 1 aromatic carbocycles. The highest BCUT2D eigenvalue weighted by Gasteiger charge is 2.15. The third-order valence-electron chi connectivity index (χ3n) is 3.04. The molecule has 0 fully saturated rings. The van der Waals surface area contributed by atoms with E-state index >= 15 is 0 Å². The van der Waals surface area contributed by atoms with E-state index < -0.39 is 6.10 Å². The Kier molecular flexibility index (Phi) is 7.54. The monoisotopic (exact) mass is 294 g/mol. The quantitative estimate of drug-likeness (QED) is 0.687. The van der Waals surface area contributed by atoms with Crippen molar-refractivity contribution >= 4 is 5.69 Å². The Morgan fingerprint density at radius 1 is 1.00 bits per heavy atom. The van der Waals surface area contributed by atoms with Gasteiger partial charge in [0.15, 0.2) is 0 Å². The second kappa shape index (κ2) is 8.90. The standard InChI is InChI=1S/C17H30N2O2/c1-13(2)9-19(10-14(3)4)11-16(20)12-21-17-7-5-15(18)6-8-17/h5-8,13-14,16,20H,9-12,18H2,1-4H3. The SMILES string of the molecule is CC(C)CN(CC(C)C)CC(O)COc1ccc(N)cc1. The third kappa shape index (κ3) is 7.93. The molecule has 0 aromatic heterocycles. The summed E-state index contributed by atoms with van der Waals surface area (Å²) in [6, 6.07) is 7.24. The molecule has 0 radical (unpaired) electrons. The summed E-state index contributed by atoms with van der Waals surface area (Å²) in [6.45, 7) is 11.7. The highest BCUT2D eigenvalue weighted by Crippen LogP contribution is 2.13. The Hall–Kier alpha value is -1.26. The van der Waals surface area contributed by atoms with Crippen LogP contribution in [0.2, 0.25) is 0 Å². The maximum Gasteiger partial charge on any atom is 0.119 e. The first kappa shape index (κ1) is 17.8. The van der Waals surface area contributed by atoms with Gasteiger partial charge in [0.1, 0.15) is 18.5 Å². The Morgan fingerprint density at radius 2 is 1.52 bits per heavy atom. The Bertz CT molecular complexity index is 380. The van der Waals surface area contributed by atoms with Crippen molar-refractivity contribution < 1.29 is 9.84 Å². The van der Waals surface area contributed by atoms with Gasteiger partial charge in [-0.25, -0.2) is 0 Å². The molecule has 4 nitrogen and oxygen atoms in total. The summed E-state index contributed by atoms with van der Waals surface area (Å²) >= 11 is 0. The summed E-state index contributed by atoms with van der Waals surface area (Å²) in [5.74, 6) is 1.92. The van der Waals surface area contributed by atoms with E-state index in [0.29, 0.717) is 30.7 Å². The molecule has 0 aliphatic heterocycles. The van der Waals surface area contributed by atoms with Crippen molar-refractivity contribution in [3.8, 4) is 5.75 Å². The summed E-state index contributed by atoms with van der Waals surface area (Å²) in [5, 5.41) is 10.2. The van der Waals surface area contributed by atoms with Gasteiger partial charge in [-0.05, 0) is 36.1 Å². The highest BCUT2D eigenvalue weighted by molar-refractivity contribution is 5.41. The molecule has 120 valence electrons. The molecule has 1 unspecified atom stereocenters. The minimum absolute atomic E-state index is 0.302. The van der Waals surface area contributed by atoms with Crippen LogP contribution in [0.1, 0.15) is 27.7 Å². The predicted molar refractivity (Wildman–Crippen MR) is 88.5 cm³/mol. The summed E-state index contributed by atoms with van der Waals surface area (Å²) in [4.78, 5) is 2.31. The minimum atomic E-state index is -0.486. The summed E-state index contributed by atoms with van der Waals surface area (Å²) in [6.07, 6.45) is -0.486. The van der Waals surface area contributed by atoms with Crippen molar-refractivity contribution in [2.24, 2.45) is 11.8 Å². The van der Waals surface area contributed by atoms with Gasteiger partial charge in [-0.1, -0.05) is 27.7 Å². The van der Waals surface area contributed by atoms with Gasteiger partial charge in [-0.3, -0.25) is 0 Å². The van der Waals surface area contributed by atoms with Crippen molar-refractivity contribution in [1.29, 1.82) is 0 Å². The van der Waals surface area contributed by atoms with E-state index in [1.54, 1.807) is 12.1 Å². The number of hydrogen-bond acceptors (Lipinski definition) is 4. The first-order chi connectivity index (χ1) is 9.86. The van der Waals surface area contributed by atoms with Crippen molar-refractivity contribution in [3.05, 3.63) is 24.3 Å². The van der Waals surface area contributed by atoms with E-state index in [9.17, 15) is 5.11 Å². The maximum atomic E-state index is 10.2. The number of rotatable bonds is 9. The van der Waals surface area contributed by atoms with Gasteiger partial charge in [0.05, 0.1) is 0 Å². The van der Waals surface area contributed by atoms with Gasteiger partial charge in [0.25, 0.3) is 0 Å². The van der Waals surface area contributed by atoms with Crippen molar-refractivity contribution in [2.45, 2.75) is 33.8 Å². The molecule has 1 rings (SSSR count). The number of nitrogens with two attached hydrogens (primary N) is 1. The molecule has 0 spiro atoms. The molecule has 0 saturated carbocycles. The van der Waals surface area contributed by atoms with Crippen LogP contribution in [0, 0.1) is 11.8 Å². The molecule has 0 amide bonds. The first-order valence-electron chi connectivity index (χ1n) is 7.75. The fraction of sp³-hybridized carbons (Fsp3) is 0.647. The number of nitrogen functional groups attached to an aromatic ring is 1. The van der Waals surface area contributed by atoms with Crippen LogP contribution in [-0.4, -0.2) is 42.4 Å². The average Bonchev–Trinajstić information content (AvgIpc) is 2.36. The zero-order valence-corrected chi connectivity index (χ0v) is 13.7. The number of aliphatic hydroxyl groups excluding tert-OH is 1. The van der Waals surface area contributed by atoms with Crippen LogP contribution in [0.25, 0.3) is 0 Å². The predicted octanol–water partition coefficient (Wildman–Crippen LogP) is 2.62. The lowest BCUT2D eigenvalue weighted by molar-refractivity contribution is 0.0601. The number of anilines is 1. The van der Waals surface area contributed by atoms with Gasteiger partial charge in [0, 0.05) is 25.3 Å². The van der Waals surface area contributed by atoms with Crippen LogP contribution in [-0.2, 0) is 0 Å². The zero-order valence-electron chi connectivity index (χ0n) is 13.7. The van der Waals surface area contributed by atoms with Gasteiger partial charge in [-0.15, -0.1) is 0 Å². The molecule has 1 atom stereocenters. The van der Waals surface area contributed by atoms with E-state index in [1.807, 2.05) is 12.1 Å². The topological polar surface area (TPSA) is 58.7 Å². The molecule has 0 saturated heterocycles. The van der Waals surface area contributed by atoms with Crippen LogP contribution < -0.4 is 10.5 Å². The molecular formula is C17H30N2O2. The fourth-order valence-corrected chi connectivity index (χ4v) is 2.36. The lowest BCUT2D eigenvalue weighted by Crippen LogP contribution is -2.39. The van der Waals surface area contributed by atoms with Crippen LogP contribution in [0.4, 0.5) is 5.69 Å². The van der Waals surface area contributed by atoms with Crippen molar-refractivity contribution in [1.82, 2.24) is 4.90 Å². The van der Waals surface area contributed by atoms with Crippen LogP contribution >= 0.6 is 0 Å². The number of benzene rings is 1. The van der Waals surface area contributed by atoms with Gasteiger partial charge < -0.3 is 20.5 Å². The van der Waals surface area contributed by atoms with Crippen LogP contribution in [0.15, 0.2) is 24.3 Å². The van der Waals surface area contributed by atoms with Gasteiger partial charge in [-0.2, -0.15) is 0 Å². The molecule has 1 aromatic rings. The summed E-state index contributed by atoms with van der Waals surface area (Å²) in [5.41, 5.74) is 6.34. The van der Waals surface area contributed by atoms with E-state index in [1.165, 1.54) is 0 Å². The summed E-state index contributed by atoms with van der Waals surface area (Å²) in [7, 11) is 0. The number of nitrogens with zero attached hydrogens (tertiary/aromatic N) is 1. The lowest BCUT2D eigenvalue weighted by Gasteiger charge is -2.28. The normalized spacial score (nSPS) is 13.1. The minimum Gasteiger partial charge on any atom is -0.491 e. The molecule has 0 aliphatic carbocycles. The number of ether oxygens (including phenoxy) is 1. The van der Waals surface area contributed by atoms with Crippen LogP contribution in [0.3, 0.4) is 0 Å². The van der Waals surface area contributed by atoms with E-state index in [2.05, 4.69) is 32.6 Å². The van der Waals surface area contributed by atoms with Crippen LogP contribution in [0.5, 0.6) is 5.75 Å². The highest BCUT2D eigenvalue weighted by atomic mass is 16.5. The van der Waals surface area contributed by atoms with E-state index in [0.717, 1.165) is 18.8 Å². The van der Waals surface area contributed by atoms with E-state index in [4.69, 9.17) is 10.5 Å². The Labute approximate surface area is 128 Å².